The van der Waals surface area contributed by atoms with Crippen molar-refractivity contribution >= 4 is 23.4 Å². The Hall–Kier alpha value is -3.35. The van der Waals surface area contributed by atoms with Gasteiger partial charge < -0.3 is 10.1 Å². The minimum absolute atomic E-state index is 0.196. The summed E-state index contributed by atoms with van der Waals surface area (Å²) in [6, 6.07) is 12.2. The minimum atomic E-state index is -0.473. The molecule has 7 heteroatoms. The van der Waals surface area contributed by atoms with E-state index in [2.05, 4.69) is 30.0 Å². The second-order valence-corrected chi connectivity index (χ2v) is 6.75. The first-order chi connectivity index (χ1) is 13.3. The van der Waals surface area contributed by atoms with Crippen LogP contribution in [0.25, 0.3) is 0 Å². The van der Waals surface area contributed by atoms with Crippen molar-refractivity contribution in [3.63, 3.8) is 0 Å². The second-order valence-electron chi connectivity index (χ2n) is 6.75. The highest BCUT2D eigenvalue weighted by atomic mass is 16.5. The van der Waals surface area contributed by atoms with Crippen molar-refractivity contribution in [1.82, 2.24) is 10.9 Å². The molecule has 0 aliphatic rings. The zero-order valence-corrected chi connectivity index (χ0v) is 16.5. The molecule has 0 aromatic heterocycles. The molecule has 0 saturated heterocycles. The molecule has 28 heavy (non-hydrogen) atoms. The molecule has 0 aliphatic heterocycles. The summed E-state index contributed by atoms with van der Waals surface area (Å²) >= 11 is 0. The van der Waals surface area contributed by atoms with Crippen LogP contribution in [0.2, 0.25) is 0 Å². The number of aryl methyl sites for hydroxylation is 1. The Kier molecular flexibility index (Phi) is 7.14. The van der Waals surface area contributed by atoms with E-state index in [4.69, 9.17) is 4.74 Å². The number of anilines is 1. The van der Waals surface area contributed by atoms with Crippen molar-refractivity contribution in [3.8, 4) is 5.75 Å². The summed E-state index contributed by atoms with van der Waals surface area (Å²) in [5.74, 6) is -0.219. The predicted octanol–water partition coefficient (Wildman–Crippen LogP) is 2.92. The van der Waals surface area contributed by atoms with Crippen LogP contribution in [0, 0.1) is 6.92 Å². The number of hydrogen-bond donors (Lipinski definition) is 3. The minimum Gasteiger partial charge on any atom is -0.483 e. The van der Waals surface area contributed by atoms with Gasteiger partial charge in [0.25, 0.3) is 11.8 Å². The smallest absolute Gasteiger partial charge is 0.276 e. The molecule has 2 rings (SSSR count). The first-order valence-corrected chi connectivity index (χ1v) is 8.96. The molecule has 0 fully saturated rings. The van der Waals surface area contributed by atoms with Gasteiger partial charge in [-0.2, -0.15) is 0 Å². The summed E-state index contributed by atoms with van der Waals surface area (Å²) in [5.41, 5.74) is 7.65. The van der Waals surface area contributed by atoms with Crippen LogP contribution in [0.1, 0.15) is 48.2 Å². The molecule has 0 atom stereocenters. The third-order valence-corrected chi connectivity index (χ3v) is 3.93. The number of carbonyl (C=O) groups excluding carboxylic acids is 3. The highest BCUT2D eigenvalue weighted by Crippen LogP contribution is 2.27. The van der Waals surface area contributed by atoms with Crippen molar-refractivity contribution < 1.29 is 19.1 Å². The Morgan fingerprint density at radius 3 is 2.29 bits per heavy atom. The van der Waals surface area contributed by atoms with E-state index >= 15 is 0 Å². The van der Waals surface area contributed by atoms with E-state index in [0.29, 0.717) is 17.0 Å². The second kappa shape index (κ2) is 9.55. The van der Waals surface area contributed by atoms with Crippen LogP contribution >= 0.6 is 0 Å². The van der Waals surface area contributed by atoms with E-state index in [9.17, 15) is 14.4 Å². The van der Waals surface area contributed by atoms with E-state index in [1.54, 1.807) is 24.3 Å². The maximum absolute atomic E-state index is 12.1. The summed E-state index contributed by atoms with van der Waals surface area (Å²) in [5, 5.41) is 2.61. The Morgan fingerprint density at radius 2 is 1.68 bits per heavy atom. The Bertz CT molecular complexity index is 860. The highest BCUT2D eigenvalue weighted by Gasteiger charge is 2.11. The van der Waals surface area contributed by atoms with E-state index in [1.807, 2.05) is 25.1 Å². The lowest BCUT2D eigenvalue weighted by molar-refractivity contribution is -0.123. The lowest BCUT2D eigenvalue weighted by Crippen LogP contribution is -2.43. The van der Waals surface area contributed by atoms with Gasteiger partial charge in [0, 0.05) is 18.2 Å². The van der Waals surface area contributed by atoms with E-state index in [0.717, 1.165) is 11.1 Å². The van der Waals surface area contributed by atoms with Crippen molar-refractivity contribution in [2.45, 2.75) is 33.6 Å². The normalized spacial score (nSPS) is 10.3. The van der Waals surface area contributed by atoms with E-state index < -0.39 is 11.8 Å². The molecule has 0 saturated carbocycles. The fraction of sp³-hybridized carbons (Fsp3) is 0.286. The number of hydrazine groups is 1. The first kappa shape index (κ1) is 21.0. The standard InChI is InChI=1S/C21H25N3O4/c1-13(2)18-10-5-14(3)11-19(18)28-12-20(26)23-24-21(27)16-6-8-17(9-7-16)22-15(4)25/h5-11,13H,12H2,1-4H3,(H,22,25)(H,23,26)(H,24,27). The molecular weight excluding hydrogens is 358 g/mol. The van der Waals surface area contributed by atoms with Crippen LogP contribution in [-0.4, -0.2) is 24.3 Å². The number of carbonyl (C=O) groups is 3. The van der Waals surface area contributed by atoms with Gasteiger partial charge >= 0.3 is 0 Å². The fourth-order valence-corrected chi connectivity index (χ4v) is 2.53. The Balaban J connectivity index is 1.86. The van der Waals surface area contributed by atoms with Gasteiger partial charge in [0.2, 0.25) is 5.91 Å². The fourth-order valence-electron chi connectivity index (χ4n) is 2.53. The third-order valence-electron chi connectivity index (χ3n) is 3.93. The first-order valence-electron chi connectivity index (χ1n) is 8.96. The molecule has 3 N–H and O–H groups in total. The largest absolute Gasteiger partial charge is 0.483 e. The van der Waals surface area contributed by atoms with Gasteiger partial charge in [-0.25, -0.2) is 0 Å². The summed E-state index contributed by atoms with van der Waals surface area (Å²) in [6.45, 7) is 7.24. The van der Waals surface area contributed by atoms with Crippen molar-refractivity contribution in [1.29, 1.82) is 0 Å². The maximum Gasteiger partial charge on any atom is 0.276 e. The lowest BCUT2D eigenvalue weighted by Gasteiger charge is -2.15. The topological polar surface area (TPSA) is 96.5 Å². The molecule has 3 amide bonds. The molecule has 2 aromatic rings. The van der Waals surface area contributed by atoms with Gasteiger partial charge in [0.1, 0.15) is 5.75 Å². The third kappa shape index (κ3) is 6.12. The van der Waals surface area contributed by atoms with Crippen LogP contribution in [0.4, 0.5) is 5.69 Å². The molecular formula is C21H25N3O4. The quantitative estimate of drug-likeness (QED) is 0.668. The monoisotopic (exact) mass is 383 g/mol. The van der Waals surface area contributed by atoms with Crippen LogP contribution in [0.15, 0.2) is 42.5 Å². The van der Waals surface area contributed by atoms with Crippen LogP contribution in [0.3, 0.4) is 0 Å². The zero-order valence-electron chi connectivity index (χ0n) is 16.5. The molecule has 0 unspecified atom stereocenters. The van der Waals surface area contributed by atoms with Crippen molar-refractivity contribution in [3.05, 3.63) is 59.2 Å². The maximum atomic E-state index is 12.1. The molecule has 0 aliphatic carbocycles. The zero-order chi connectivity index (χ0) is 20.7. The predicted molar refractivity (Wildman–Crippen MR) is 107 cm³/mol. The number of ether oxygens (including phenoxy) is 1. The summed E-state index contributed by atoms with van der Waals surface area (Å²) in [4.78, 5) is 35.1. The van der Waals surface area contributed by atoms with E-state index in [-0.39, 0.29) is 18.4 Å². The molecule has 148 valence electrons. The Labute approximate surface area is 164 Å². The number of amides is 3. The molecule has 7 nitrogen and oxygen atoms in total. The number of hydrogen-bond acceptors (Lipinski definition) is 4. The van der Waals surface area contributed by atoms with Crippen molar-refractivity contribution in [2.24, 2.45) is 0 Å². The van der Waals surface area contributed by atoms with Gasteiger partial charge in [0.15, 0.2) is 6.61 Å². The number of rotatable bonds is 6. The van der Waals surface area contributed by atoms with Crippen LogP contribution < -0.4 is 20.9 Å². The Morgan fingerprint density at radius 1 is 1.00 bits per heavy atom. The van der Waals surface area contributed by atoms with Gasteiger partial charge in [0.05, 0.1) is 0 Å². The van der Waals surface area contributed by atoms with Gasteiger partial charge in [-0.15, -0.1) is 0 Å². The molecule has 2 aromatic carbocycles. The average Bonchev–Trinajstić information content (AvgIpc) is 2.64. The van der Waals surface area contributed by atoms with Gasteiger partial charge in [-0.05, 0) is 54.3 Å². The van der Waals surface area contributed by atoms with E-state index in [1.165, 1.54) is 6.92 Å². The lowest BCUT2D eigenvalue weighted by atomic mass is 10.0. The summed E-state index contributed by atoms with van der Waals surface area (Å²) < 4.78 is 5.63. The van der Waals surface area contributed by atoms with Crippen LogP contribution in [0.5, 0.6) is 5.75 Å². The summed E-state index contributed by atoms with van der Waals surface area (Å²) in [7, 11) is 0. The van der Waals surface area contributed by atoms with Gasteiger partial charge in [-0.1, -0.05) is 26.0 Å². The SMILES string of the molecule is CC(=O)Nc1ccc(C(=O)NNC(=O)COc2cc(C)ccc2C(C)C)cc1. The molecule has 0 spiro atoms. The molecule has 0 heterocycles. The number of benzene rings is 2. The summed E-state index contributed by atoms with van der Waals surface area (Å²) in [6.07, 6.45) is 0. The van der Waals surface area contributed by atoms with Crippen molar-refractivity contribution in [2.75, 3.05) is 11.9 Å². The van der Waals surface area contributed by atoms with Crippen LogP contribution in [-0.2, 0) is 9.59 Å². The van der Waals surface area contributed by atoms with Gasteiger partial charge in [-0.3, -0.25) is 25.2 Å². The molecule has 0 radical (unpaired) electrons. The highest BCUT2D eigenvalue weighted by molar-refractivity contribution is 5.96. The molecule has 0 bridgehead atoms. The number of nitrogens with one attached hydrogen (secondary N) is 3. The average molecular weight is 383 g/mol.